The van der Waals surface area contributed by atoms with Crippen LogP contribution < -0.4 is 5.32 Å². The molecule has 0 aliphatic carbocycles. The van der Waals surface area contributed by atoms with Crippen LogP contribution in [0.4, 0.5) is 0 Å². The Morgan fingerprint density at radius 3 is 2.79 bits per heavy atom. The highest BCUT2D eigenvalue weighted by Crippen LogP contribution is 2.22. The Bertz CT molecular complexity index is 523. The number of halogens is 1. The summed E-state index contributed by atoms with van der Waals surface area (Å²) in [6, 6.07) is 5.38. The lowest BCUT2D eigenvalue weighted by Gasteiger charge is -2.24. The third kappa shape index (κ3) is 2.74. The van der Waals surface area contributed by atoms with Gasteiger partial charge in [-0.3, -0.25) is 4.79 Å². The van der Waals surface area contributed by atoms with E-state index in [0.29, 0.717) is 12.2 Å². The van der Waals surface area contributed by atoms with Crippen LogP contribution in [0.25, 0.3) is 0 Å². The zero-order valence-electron chi connectivity index (χ0n) is 10.4. The highest BCUT2D eigenvalue weighted by molar-refractivity contribution is 14.1. The minimum atomic E-state index is -1.30. The molecule has 1 saturated heterocycles. The van der Waals surface area contributed by atoms with Gasteiger partial charge >= 0.3 is 5.97 Å². The third-order valence-electron chi connectivity index (χ3n) is 3.22. The number of carbonyl (C=O) groups excluding carboxylic acids is 1. The Kier molecular flexibility index (Phi) is 4.10. The maximum absolute atomic E-state index is 12.2. The van der Waals surface area contributed by atoms with Crippen LogP contribution in [0.2, 0.25) is 0 Å². The molecular formula is C13H14INO4. The molecule has 0 bridgehead atoms. The molecular weight excluding hydrogens is 361 g/mol. The molecule has 6 heteroatoms. The minimum absolute atomic E-state index is 0.0104. The van der Waals surface area contributed by atoms with Crippen LogP contribution in [0.3, 0.4) is 0 Å². The van der Waals surface area contributed by atoms with E-state index in [9.17, 15) is 14.7 Å². The smallest absolute Gasteiger partial charge is 0.331 e. The predicted octanol–water partition coefficient (Wildman–Crippen LogP) is 1.57. The lowest BCUT2D eigenvalue weighted by molar-refractivity contribution is -0.144. The second kappa shape index (κ2) is 5.46. The quantitative estimate of drug-likeness (QED) is 0.787. The molecule has 1 aromatic rings. The zero-order valence-corrected chi connectivity index (χ0v) is 12.6. The first-order valence-corrected chi connectivity index (χ1v) is 6.93. The molecule has 2 rings (SSSR count). The zero-order chi connectivity index (χ0) is 14.0. The number of aryl methyl sites for hydroxylation is 1. The van der Waals surface area contributed by atoms with Crippen molar-refractivity contribution >= 4 is 34.5 Å². The van der Waals surface area contributed by atoms with E-state index in [2.05, 4.69) is 27.9 Å². The molecule has 1 aromatic carbocycles. The summed E-state index contributed by atoms with van der Waals surface area (Å²) in [6.07, 6.45) is 0.288. The van der Waals surface area contributed by atoms with Gasteiger partial charge in [0.25, 0.3) is 5.91 Å². The van der Waals surface area contributed by atoms with Crippen molar-refractivity contribution < 1.29 is 19.4 Å². The number of rotatable bonds is 3. The first-order valence-electron chi connectivity index (χ1n) is 5.85. The Labute approximate surface area is 124 Å². The van der Waals surface area contributed by atoms with Crippen LogP contribution in [0.1, 0.15) is 22.3 Å². The van der Waals surface area contributed by atoms with E-state index in [1.54, 1.807) is 12.1 Å². The van der Waals surface area contributed by atoms with Crippen molar-refractivity contribution in [3.63, 3.8) is 0 Å². The van der Waals surface area contributed by atoms with E-state index in [-0.39, 0.29) is 18.9 Å². The average molecular weight is 375 g/mol. The van der Waals surface area contributed by atoms with Crippen molar-refractivity contribution in [1.82, 2.24) is 5.32 Å². The van der Waals surface area contributed by atoms with E-state index in [1.807, 2.05) is 13.0 Å². The monoisotopic (exact) mass is 375 g/mol. The first-order chi connectivity index (χ1) is 8.96. The standard InChI is InChI=1S/C13H14INO4/c1-8-3-2-4-9(10(8)14)11(16)15-13(12(17)18)5-6-19-7-13/h2-4H,5-7H2,1H3,(H,15,16)(H,17,18). The SMILES string of the molecule is Cc1cccc(C(=O)NC2(C(=O)O)CCOC2)c1I. The van der Waals surface area contributed by atoms with Gasteiger partial charge in [0.1, 0.15) is 0 Å². The molecule has 1 aliphatic heterocycles. The Balaban J connectivity index is 2.25. The Morgan fingerprint density at radius 1 is 1.47 bits per heavy atom. The van der Waals surface area contributed by atoms with Crippen molar-refractivity contribution in [2.24, 2.45) is 0 Å². The highest BCUT2D eigenvalue weighted by Gasteiger charge is 2.44. The largest absolute Gasteiger partial charge is 0.479 e. The molecule has 0 aromatic heterocycles. The van der Waals surface area contributed by atoms with Crippen LogP contribution in [0.5, 0.6) is 0 Å². The summed E-state index contributed by atoms with van der Waals surface area (Å²) >= 11 is 2.09. The number of aliphatic carboxylic acids is 1. The average Bonchev–Trinajstić information content (AvgIpc) is 2.82. The van der Waals surface area contributed by atoms with Crippen molar-refractivity contribution in [3.8, 4) is 0 Å². The van der Waals surface area contributed by atoms with Crippen LogP contribution in [0, 0.1) is 10.5 Å². The molecule has 1 fully saturated rings. The first kappa shape index (κ1) is 14.3. The van der Waals surface area contributed by atoms with E-state index in [0.717, 1.165) is 9.13 Å². The predicted molar refractivity (Wildman–Crippen MR) is 77.2 cm³/mol. The van der Waals surface area contributed by atoms with Crippen LogP contribution >= 0.6 is 22.6 Å². The van der Waals surface area contributed by atoms with Crippen LogP contribution in [-0.4, -0.2) is 35.7 Å². The number of amides is 1. The summed E-state index contributed by atoms with van der Waals surface area (Å²) in [7, 11) is 0. The summed E-state index contributed by atoms with van der Waals surface area (Å²) in [6.45, 7) is 2.26. The molecule has 1 heterocycles. The molecule has 19 heavy (non-hydrogen) atoms. The fourth-order valence-electron chi connectivity index (χ4n) is 1.99. The number of nitrogens with one attached hydrogen (secondary N) is 1. The van der Waals surface area contributed by atoms with Gasteiger partial charge in [-0.1, -0.05) is 12.1 Å². The van der Waals surface area contributed by atoms with Gasteiger partial charge < -0.3 is 15.2 Å². The number of carbonyl (C=O) groups is 2. The summed E-state index contributed by atoms with van der Waals surface area (Å²) in [4.78, 5) is 23.6. The number of hydrogen-bond acceptors (Lipinski definition) is 3. The molecule has 102 valence electrons. The minimum Gasteiger partial charge on any atom is -0.479 e. The fraction of sp³-hybridized carbons (Fsp3) is 0.385. The van der Waals surface area contributed by atoms with Crippen molar-refractivity contribution in [1.29, 1.82) is 0 Å². The van der Waals surface area contributed by atoms with Crippen LogP contribution in [0.15, 0.2) is 18.2 Å². The summed E-state index contributed by atoms with van der Waals surface area (Å²) in [5.41, 5.74) is 0.178. The maximum atomic E-state index is 12.2. The normalized spacial score (nSPS) is 22.2. The molecule has 1 unspecified atom stereocenters. The van der Waals surface area contributed by atoms with Gasteiger partial charge in [0.2, 0.25) is 0 Å². The number of hydrogen-bond donors (Lipinski definition) is 2. The number of carboxylic acid groups (broad SMARTS) is 1. The van der Waals surface area contributed by atoms with E-state index in [4.69, 9.17) is 4.74 Å². The molecule has 1 aliphatic rings. The Morgan fingerprint density at radius 2 is 2.21 bits per heavy atom. The molecule has 0 radical (unpaired) electrons. The third-order valence-corrected chi connectivity index (χ3v) is 4.65. The molecule has 0 spiro atoms. The van der Waals surface area contributed by atoms with Crippen molar-refractivity contribution in [2.45, 2.75) is 18.9 Å². The summed E-state index contributed by atoms with van der Waals surface area (Å²) in [5, 5.41) is 11.9. The lowest BCUT2D eigenvalue weighted by atomic mass is 9.98. The summed E-state index contributed by atoms with van der Waals surface area (Å²) < 4.78 is 5.95. The van der Waals surface area contributed by atoms with Gasteiger partial charge in [0.05, 0.1) is 12.2 Å². The lowest BCUT2D eigenvalue weighted by Crippen LogP contribution is -2.55. The molecule has 2 N–H and O–H groups in total. The topological polar surface area (TPSA) is 75.6 Å². The molecule has 0 saturated carbocycles. The van der Waals surface area contributed by atoms with E-state index < -0.39 is 11.5 Å². The second-order valence-electron chi connectivity index (χ2n) is 4.58. The van der Waals surface area contributed by atoms with Gasteiger partial charge in [0.15, 0.2) is 5.54 Å². The summed E-state index contributed by atoms with van der Waals surface area (Å²) in [5.74, 6) is -1.43. The van der Waals surface area contributed by atoms with Gasteiger partial charge in [-0.25, -0.2) is 4.79 Å². The van der Waals surface area contributed by atoms with Crippen molar-refractivity contribution in [3.05, 3.63) is 32.9 Å². The van der Waals surface area contributed by atoms with E-state index >= 15 is 0 Å². The van der Waals surface area contributed by atoms with E-state index in [1.165, 1.54) is 0 Å². The van der Waals surface area contributed by atoms with Gasteiger partial charge in [-0.2, -0.15) is 0 Å². The number of benzene rings is 1. The number of ether oxygens (including phenoxy) is 1. The highest BCUT2D eigenvalue weighted by atomic mass is 127. The van der Waals surface area contributed by atoms with Gasteiger partial charge in [0, 0.05) is 16.6 Å². The van der Waals surface area contributed by atoms with Gasteiger partial charge in [-0.05, 0) is 41.1 Å². The van der Waals surface area contributed by atoms with Gasteiger partial charge in [-0.15, -0.1) is 0 Å². The number of carboxylic acids is 1. The Hall–Kier alpha value is -1.15. The second-order valence-corrected chi connectivity index (χ2v) is 5.66. The maximum Gasteiger partial charge on any atom is 0.331 e. The fourth-order valence-corrected chi connectivity index (χ4v) is 2.60. The molecule has 5 nitrogen and oxygen atoms in total. The molecule has 1 atom stereocenters. The van der Waals surface area contributed by atoms with Crippen LogP contribution in [-0.2, 0) is 9.53 Å². The van der Waals surface area contributed by atoms with Crippen molar-refractivity contribution in [2.75, 3.05) is 13.2 Å². The molecule has 1 amide bonds.